The van der Waals surface area contributed by atoms with E-state index in [0.29, 0.717) is 18.2 Å². The summed E-state index contributed by atoms with van der Waals surface area (Å²) >= 11 is 0. The van der Waals surface area contributed by atoms with Crippen molar-refractivity contribution in [1.29, 1.82) is 0 Å². The maximum Gasteiger partial charge on any atom is 0.418 e. The van der Waals surface area contributed by atoms with Gasteiger partial charge in [0, 0.05) is 24.8 Å². The van der Waals surface area contributed by atoms with E-state index in [4.69, 9.17) is 4.55 Å². The van der Waals surface area contributed by atoms with Crippen LogP contribution in [0.3, 0.4) is 0 Å². The quantitative estimate of drug-likeness (QED) is 0.733. The number of H-pyrrole nitrogens is 1. The second-order valence-corrected chi connectivity index (χ2v) is 5.24. The predicted octanol–water partition coefficient (Wildman–Crippen LogP) is -0.353. The van der Waals surface area contributed by atoms with E-state index in [-0.39, 0.29) is 0 Å². The lowest BCUT2D eigenvalue weighted by Gasteiger charge is -2.20. The Morgan fingerprint density at radius 1 is 1.53 bits per heavy atom. The van der Waals surface area contributed by atoms with Gasteiger partial charge in [-0.05, 0) is 5.57 Å². The first-order valence-corrected chi connectivity index (χ1v) is 6.75. The molecule has 1 aromatic rings. The van der Waals surface area contributed by atoms with Gasteiger partial charge in [-0.3, -0.25) is 9.65 Å². The molecule has 2 aliphatic heterocycles. The van der Waals surface area contributed by atoms with E-state index >= 15 is 0 Å². The van der Waals surface area contributed by atoms with E-state index < -0.39 is 22.5 Å². The lowest BCUT2D eigenvalue weighted by atomic mass is 10.0. The van der Waals surface area contributed by atoms with Gasteiger partial charge < -0.3 is 4.90 Å². The lowest BCUT2D eigenvalue weighted by molar-refractivity contribution is -0.0183. The summed E-state index contributed by atoms with van der Waals surface area (Å²) < 4.78 is 34.4. The SMILES string of the molecule is O=C1N2CC(c3cn[nH]c3)=CC(C2)N1OS(=O)(=O)O. The van der Waals surface area contributed by atoms with Gasteiger partial charge in [-0.15, -0.1) is 4.28 Å². The molecule has 19 heavy (non-hydrogen) atoms. The Kier molecular flexibility index (Phi) is 2.59. The number of carbonyl (C=O) groups excluding carboxylic acids is 1. The maximum atomic E-state index is 11.9. The number of hydrogen-bond donors (Lipinski definition) is 2. The largest absolute Gasteiger partial charge is 0.418 e. The van der Waals surface area contributed by atoms with E-state index in [1.807, 2.05) is 0 Å². The van der Waals surface area contributed by atoms with Gasteiger partial charge in [0.25, 0.3) is 0 Å². The molecule has 0 aliphatic carbocycles. The van der Waals surface area contributed by atoms with E-state index in [1.165, 1.54) is 4.90 Å². The number of rotatable bonds is 3. The standard InChI is InChI=1S/C9H10N4O5S/c14-9-12-4-6(7-2-10-11-3-7)1-8(5-12)13(9)18-19(15,16)17/h1-3,8H,4-5H2,(H,10,11)(H,15,16,17). The van der Waals surface area contributed by atoms with Crippen molar-refractivity contribution < 1.29 is 22.0 Å². The molecule has 1 fully saturated rings. The second kappa shape index (κ2) is 4.05. The number of urea groups is 1. The third kappa shape index (κ3) is 2.20. The van der Waals surface area contributed by atoms with Gasteiger partial charge in [0.2, 0.25) is 0 Å². The molecule has 0 radical (unpaired) electrons. The van der Waals surface area contributed by atoms with E-state index in [2.05, 4.69) is 14.5 Å². The number of nitrogens with zero attached hydrogens (tertiary/aromatic N) is 3. The minimum absolute atomic E-state index is 0.315. The number of nitrogens with one attached hydrogen (secondary N) is 1. The van der Waals surface area contributed by atoms with Crippen LogP contribution < -0.4 is 0 Å². The van der Waals surface area contributed by atoms with Crippen LogP contribution in [0.5, 0.6) is 0 Å². The van der Waals surface area contributed by atoms with Crippen LogP contribution in [0.15, 0.2) is 18.5 Å². The Bertz CT molecular complexity index is 638. The highest BCUT2D eigenvalue weighted by atomic mass is 32.3. The number of hydrogen-bond acceptors (Lipinski definition) is 5. The topological polar surface area (TPSA) is 116 Å². The summed E-state index contributed by atoms with van der Waals surface area (Å²) in [7, 11) is -4.72. The molecule has 1 aromatic heterocycles. The van der Waals surface area contributed by atoms with Crippen molar-refractivity contribution in [2.45, 2.75) is 6.04 Å². The number of carbonyl (C=O) groups is 1. The van der Waals surface area contributed by atoms with Gasteiger partial charge in [0.15, 0.2) is 0 Å². The van der Waals surface area contributed by atoms with Crippen molar-refractivity contribution >= 4 is 22.0 Å². The summed E-state index contributed by atoms with van der Waals surface area (Å²) in [5.74, 6) is 0. The Morgan fingerprint density at radius 3 is 2.95 bits per heavy atom. The molecule has 3 rings (SSSR count). The lowest BCUT2D eigenvalue weighted by Crippen LogP contribution is -2.35. The van der Waals surface area contributed by atoms with Crippen molar-refractivity contribution in [3.05, 3.63) is 24.0 Å². The number of fused-ring (bicyclic) bond motifs is 2. The van der Waals surface area contributed by atoms with E-state index in [0.717, 1.165) is 11.1 Å². The van der Waals surface area contributed by atoms with Crippen molar-refractivity contribution in [1.82, 2.24) is 20.2 Å². The van der Waals surface area contributed by atoms with Gasteiger partial charge in [0.1, 0.15) is 0 Å². The van der Waals surface area contributed by atoms with Gasteiger partial charge in [0.05, 0.1) is 12.2 Å². The molecule has 1 unspecified atom stereocenters. The first kappa shape index (κ1) is 12.1. The number of amides is 2. The van der Waals surface area contributed by atoms with Crippen LogP contribution in [0.25, 0.3) is 5.57 Å². The average Bonchev–Trinajstić information content (AvgIpc) is 2.92. The van der Waals surface area contributed by atoms with Crippen LogP contribution in [0.2, 0.25) is 0 Å². The predicted molar refractivity (Wildman–Crippen MR) is 61.8 cm³/mol. The van der Waals surface area contributed by atoms with Crippen LogP contribution in [0.1, 0.15) is 5.56 Å². The highest BCUT2D eigenvalue weighted by Gasteiger charge is 2.43. The zero-order valence-electron chi connectivity index (χ0n) is 9.55. The average molecular weight is 286 g/mol. The summed E-state index contributed by atoms with van der Waals surface area (Å²) in [4.78, 5) is 13.3. The third-order valence-corrected chi connectivity index (χ3v) is 3.31. The number of aromatic amines is 1. The molecule has 1 saturated heterocycles. The molecule has 2 amide bonds. The van der Waals surface area contributed by atoms with E-state index in [9.17, 15) is 13.2 Å². The maximum absolute atomic E-state index is 11.9. The molecular formula is C9H10N4O5S. The Morgan fingerprint density at radius 2 is 2.32 bits per heavy atom. The molecule has 10 heteroatoms. The summed E-state index contributed by atoms with van der Waals surface area (Å²) in [6, 6.07) is -1.16. The first-order valence-electron chi connectivity index (χ1n) is 5.39. The second-order valence-electron chi connectivity index (χ2n) is 4.24. The van der Waals surface area contributed by atoms with Crippen LogP contribution in [0.4, 0.5) is 4.79 Å². The molecular weight excluding hydrogens is 276 g/mol. The number of aromatic nitrogens is 2. The van der Waals surface area contributed by atoms with Gasteiger partial charge in [-0.25, -0.2) is 4.79 Å². The molecule has 102 valence electrons. The molecule has 0 spiro atoms. The summed E-state index contributed by atoms with van der Waals surface area (Å²) in [5, 5.41) is 7.13. The zero-order valence-corrected chi connectivity index (χ0v) is 10.4. The number of hydroxylamine groups is 2. The molecule has 2 N–H and O–H groups in total. The fourth-order valence-corrected chi connectivity index (χ4v) is 2.58. The molecule has 0 saturated carbocycles. The highest BCUT2D eigenvalue weighted by molar-refractivity contribution is 7.80. The first-order chi connectivity index (χ1) is 8.94. The van der Waals surface area contributed by atoms with Crippen molar-refractivity contribution in [2.24, 2.45) is 0 Å². The third-order valence-electron chi connectivity index (χ3n) is 2.97. The van der Waals surface area contributed by atoms with Crippen LogP contribution >= 0.6 is 0 Å². The molecule has 1 atom stereocenters. The van der Waals surface area contributed by atoms with Crippen LogP contribution in [0, 0.1) is 0 Å². The molecule has 0 aromatic carbocycles. The summed E-state index contributed by atoms with van der Waals surface area (Å²) in [5.41, 5.74) is 1.65. The molecule has 2 bridgehead atoms. The van der Waals surface area contributed by atoms with Crippen molar-refractivity contribution in [3.63, 3.8) is 0 Å². The fraction of sp³-hybridized carbons (Fsp3) is 0.333. The van der Waals surface area contributed by atoms with Gasteiger partial charge in [-0.2, -0.15) is 18.6 Å². The van der Waals surface area contributed by atoms with Crippen molar-refractivity contribution in [3.8, 4) is 0 Å². The Balaban J connectivity index is 1.90. The van der Waals surface area contributed by atoms with Gasteiger partial charge >= 0.3 is 16.4 Å². The Labute approximate surface area is 108 Å². The summed E-state index contributed by atoms with van der Waals surface area (Å²) in [6.45, 7) is 0.649. The van der Waals surface area contributed by atoms with Gasteiger partial charge in [-0.1, -0.05) is 6.08 Å². The minimum Gasteiger partial charge on any atom is -0.316 e. The molecule has 3 heterocycles. The van der Waals surface area contributed by atoms with Crippen LogP contribution in [-0.2, 0) is 14.7 Å². The Hall–Kier alpha value is -1.91. The fourth-order valence-electron chi connectivity index (χ4n) is 2.21. The van der Waals surface area contributed by atoms with E-state index in [1.54, 1.807) is 18.5 Å². The minimum atomic E-state index is -4.72. The molecule has 2 aliphatic rings. The molecule has 9 nitrogen and oxygen atoms in total. The monoisotopic (exact) mass is 286 g/mol. The summed E-state index contributed by atoms with van der Waals surface area (Å²) in [6.07, 6.45) is 5.00. The zero-order chi connectivity index (χ0) is 13.6. The van der Waals surface area contributed by atoms with Crippen molar-refractivity contribution in [2.75, 3.05) is 13.1 Å². The normalized spacial score (nSPS) is 22.9. The highest BCUT2D eigenvalue weighted by Crippen LogP contribution is 2.29. The smallest absolute Gasteiger partial charge is 0.316 e. The van der Waals surface area contributed by atoms with Crippen LogP contribution in [-0.4, -0.2) is 58.3 Å².